The summed E-state index contributed by atoms with van der Waals surface area (Å²) in [6.07, 6.45) is 1.49. The average Bonchev–Trinajstić information content (AvgIpc) is 2.55. The minimum atomic E-state index is -1.64. The van der Waals surface area contributed by atoms with Gasteiger partial charge in [0.05, 0.1) is 5.69 Å². The van der Waals surface area contributed by atoms with E-state index in [-0.39, 0.29) is 0 Å². The Hall–Kier alpha value is -2.96. The largest absolute Gasteiger partial charge is 0.511 e. The second-order valence-electron chi connectivity index (χ2n) is 5.96. The number of fused-ring (bicyclic) bond motifs is 3. The summed E-state index contributed by atoms with van der Waals surface area (Å²) in [6.45, 7) is 2.83. The summed E-state index contributed by atoms with van der Waals surface area (Å²) in [7, 11) is 0. The van der Waals surface area contributed by atoms with Crippen molar-refractivity contribution in [2.24, 2.45) is 0 Å². The highest BCUT2D eigenvalue weighted by atomic mass is 16.7. The van der Waals surface area contributed by atoms with E-state index in [1.54, 1.807) is 0 Å². The van der Waals surface area contributed by atoms with Crippen LogP contribution in [0.3, 0.4) is 0 Å². The van der Waals surface area contributed by atoms with Crippen molar-refractivity contribution in [2.75, 3.05) is 11.9 Å². The van der Waals surface area contributed by atoms with Gasteiger partial charge in [-0.05, 0) is 50.3 Å². The summed E-state index contributed by atoms with van der Waals surface area (Å²) in [5.74, 6) is -0.970. The molecule has 0 spiro atoms. The van der Waals surface area contributed by atoms with E-state index < -0.39 is 23.2 Å². The standard InChI is InChI=1S/C18H20N2O5/c1-2-19-11-7-8-12-10(9-11)5-3-4-6-13-14(12)20-17(22)16(15(13)21)25-18(23)24/h7-9,19H,2-6H2,1H3,(H,23,24)(H2,20,21,22). The Morgan fingerprint density at radius 1 is 1.32 bits per heavy atom. The Balaban J connectivity index is 2.19. The number of H-pyrrole nitrogens is 1. The van der Waals surface area contributed by atoms with E-state index in [0.29, 0.717) is 17.7 Å². The predicted octanol–water partition coefficient (Wildman–Crippen LogP) is 3.11. The van der Waals surface area contributed by atoms with Gasteiger partial charge in [0.25, 0.3) is 5.56 Å². The lowest BCUT2D eigenvalue weighted by molar-refractivity contribution is 0.142. The SMILES string of the molecule is CCNc1ccc2c(c1)CCCCc1c-2[nH]c(=O)c(OC(=O)O)c1O. The van der Waals surface area contributed by atoms with Gasteiger partial charge in [-0.1, -0.05) is 6.07 Å². The zero-order valence-electron chi connectivity index (χ0n) is 13.9. The number of carbonyl (C=O) groups is 1. The van der Waals surface area contributed by atoms with Gasteiger partial charge in [0.1, 0.15) is 0 Å². The minimum Gasteiger partial charge on any atom is -0.504 e. The number of ether oxygens (including phenoxy) is 1. The first kappa shape index (κ1) is 16.9. The molecule has 0 bridgehead atoms. The summed E-state index contributed by atoms with van der Waals surface area (Å²) in [5.41, 5.74) is 3.18. The Morgan fingerprint density at radius 2 is 2.08 bits per heavy atom. The summed E-state index contributed by atoms with van der Waals surface area (Å²) < 4.78 is 4.47. The van der Waals surface area contributed by atoms with Gasteiger partial charge in [0, 0.05) is 23.4 Å². The average molecular weight is 344 g/mol. The number of benzene rings is 1. The molecule has 7 nitrogen and oxygen atoms in total. The highest BCUT2D eigenvalue weighted by molar-refractivity contribution is 5.74. The fourth-order valence-corrected chi connectivity index (χ4v) is 3.24. The van der Waals surface area contributed by atoms with Crippen LogP contribution in [0.15, 0.2) is 23.0 Å². The highest BCUT2D eigenvalue weighted by Crippen LogP contribution is 2.38. The smallest absolute Gasteiger partial charge is 0.504 e. The molecule has 0 aliphatic heterocycles. The third-order valence-corrected chi connectivity index (χ3v) is 4.32. The van der Waals surface area contributed by atoms with Gasteiger partial charge in [0.15, 0.2) is 5.75 Å². The molecule has 132 valence electrons. The molecule has 0 amide bonds. The molecule has 1 aromatic heterocycles. The summed E-state index contributed by atoms with van der Waals surface area (Å²) in [4.78, 5) is 25.7. The molecule has 1 heterocycles. The first-order valence-corrected chi connectivity index (χ1v) is 8.27. The van der Waals surface area contributed by atoms with Crippen LogP contribution in [0.1, 0.15) is 30.9 Å². The van der Waals surface area contributed by atoms with Crippen molar-refractivity contribution in [1.82, 2.24) is 4.98 Å². The second-order valence-corrected chi connectivity index (χ2v) is 5.96. The summed E-state index contributed by atoms with van der Waals surface area (Å²) >= 11 is 0. The van der Waals surface area contributed by atoms with E-state index in [4.69, 9.17) is 5.11 Å². The van der Waals surface area contributed by atoms with Crippen LogP contribution in [0, 0.1) is 0 Å². The van der Waals surface area contributed by atoms with Crippen molar-refractivity contribution in [2.45, 2.75) is 32.6 Å². The maximum Gasteiger partial charge on any atom is 0.511 e. The Bertz CT molecular complexity index is 873. The Kier molecular flexibility index (Phi) is 4.65. The van der Waals surface area contributed by atoms with E-state index in [1.807, 2.05) is 25.1 Å². The van der Waals surface area contributed by atoms with Crippen molar-refractivity contribution in [3.05, 3.63) is 39.7 Å². The van der Waals surface area contributed by atoms with Crippen LogP contribution in [-0.4, -0.2) is 27.9 Å². The topological polar surface area (TPSA) is 112 Å². The maximum atomic E-state index is 12.2. The molecular weight excluding hydrogens is 324 g/mol. The molecule has 0 saturated heterocycles. The van der Waals surface area contributed by atoms with Crippen molar-refractivity contribution in [1.29, 1.82) is 0 Å². The quantitative estimate of drug-likeness (QED) is 0.637. The molecule has 4 N–H and O–H groups in total. The number of hydrogen-bond donors (Lipinski definition) is 4. The van der Waals surface area contributed by atoms with Gasteiger partial charge in [-0.25, -0.2) is 4.79 Å². The molecule has 0 unspecified atom stereocenters. The fraction of sp³-hybridized carbons (Fsp3) is 0.333. The second kappa shape index (κ2) is 6.88. The normalized spacial score (nSPS) is 13.2. The number of aromatic amines is 1. The van der Waals surface area contributed by atoms with Crippen molar-refractivity contribution in [3.63, 3.8) is 0 Å². The fourth-order valence-electron chi connectivity index (χ4n) is 3.24. The number of aromatic nitrogens is 1. The molecular formula is C18H20N2O5. The van der Waals surface area contributed by atoms with Crippen LogP contribution < -0.4 is 15.6 Å². The van der Waals surface area contributed by atoms with Gasteiger partial charge in [-0.2, -0.15) is 0 Å². The van der Waals surface area contributed by atoms with Crippen LogP contribution in [0.2, 0.25) is 0 Å². The number of pyridine rings is 1. The monoisotopic (exact) mass is 344 g/mol. The number of nitrogens with one attached hydrogen (secondary N) is 2. The summed E-state index contributed by atoms with van der Waals surface area (Å²) in [6, 6.07) is 5.88. The molecule has 0 saturated carbocycles. The van der Waals surface area contributed by atoms with Gasteiger partial charge < -0.3 is 25.3 Å². The lowest BCUT2D eigenvalue weighted by Gasteiger charge is -2.20. The van der Waals surface area contributed by atoms with Crippen LogP contribution in [0.4, 0.5) is 10.5 Å². The predicted molar refractivity (Wildman–Crippen MR) is 93.6 cm³/mol. The number of carboxylic acid groups (broad SMARTS) is 1. The third-order valence-electron chi connectivity index (χ3n) is 4.32. The Morgan fingerprint density at radius 3 is 2.80 bits per heavy atom. The lowest BCUT2D eigenvalue weighted by Crippen LogP contribution is -2.18. The highest BCUT2D eigenvalue weighted by Gasteiger charge is 2.23. The van der Waals surface area contributed by atoms with E-state index in [2.05, 4.69) is 15.0 Å². The summed E-state index contributed by atoms with van der Waals surface area (Å²) in [5, 5.41) is 22.5. The maximum absolute atomic E-state index is 12.2. The number of rotatable bonds is 3. The van der Waals surface area contributed by atoms with E-state index in [0.717, 1.165) is 42.6 Å². The lowest BCUT2D eigenvalue weighted by atomic mass is 9.90. The van der Waals surface area contributed by atoms with Crippen LogP contribution in [-0.2, 0) is 12.8 Å². The van der Waals surface area contributed by atoms with E-state index in [9.17, 15) is 14.7 Å². The van der Waals surface area contributed by atoms with E-state index in [1.165, 1.54) is 0 Å². The molecule has 2 aromatic rings. The van der Waals surface area contributed by atoms with Crippen molar-refractivity contribution in [3.8, 4) is 22.8 Å². The van der Waals surface area contributed by atoms with Crippen molar-refractivity contribution < 1.29 is 19.7 Å². The molecule has 1 aliphatic rings. The number of aryl methyl sites for hydroxylation is 1. The van der Waals surface area contributed by atoms with Crippen LogP contribution in [0.5, 0.6) is 11.5 Å². The Labute approximate surface area is 144 Å². The molecule has 0 atom stereocenters. The molecule has 3 rings (SSSR count). The van der Waals surface area contributed by atoms with Gasteiger partial charge in [-0.15, -0.1) is 0 Å². The number of aromatic hydroxyl groups is 1. The molecule has 25 heavy (non-hydrogen) atoms. The molecule has 1 aliphatic carbocycles. The zero-order chi connectivity index (χ0) is 18.0. The minimum absolute atomic E-state index is 0.398. The van der Waals surface area contributed by atoms with Gasteiger partial charge in [-0.3, -0.25) is 4.79 Å². The third kappa shape index (κ3) is 3.31. The van der Waals surface area contributed by atoms with E-state index >= 15 is 0 Å². The first-order valence-electron chi connectivity index (χ1n) is 8.27. The number of hydrogen-bond acceptors (Lipinski definition) is 5. The molecule has 0 fully saturated rings. The first-order chi connectivity index (χ1) is 12.0. The van der Waals surface area contributed by atoms with Crippen LogP contribution >= 0.6 is 0 Å². The van der Waals surface area contributed by atoms with Crippen molar-refractivity contribution >= 4 is 11.8 Å². The van der Waals surface area contributed by atoms with Crippen LogP contribution in [0.25, 0.3) is 11.3 Å². The molecule has 0 radical (unpaired) electrons. The molecule has 1 aromatic carbocycles. The van der Waals surface area contributed by atoms with Gasteiger partial charge in [0.2, 0.25) is 5.75 Å². The molecule has 7 heteroatoms. The number of anilines is 1. The van der Waals surface area contributed by atoms with Gasteiger partial charge >= 0.3 is 6.16 Å². The zero-order valence-corrected chi connectivity index (χ0v) is 13.9.